The second kappa shape index (κ2) is 10.1. The average molecular weight is 446 g/mol. The van der Waals surface area contributed by atoms with E-state index in [-0.39, 0.29) is 19.5 Å². The van der Waals surface area contributed by atoms with Crippen molar-refractivity contribution < 1.29 is 24.3 Å². The Balaban J connectivity index is 0.00000185. The van der Waals surface area contributed by atoms with Gasteiger partial charge in [0.1, 0.15) is 0 Å². The standard InChI is InChI=1S/C19H26N2P.CHO.Ru.H/c1-18(2,3)22(19(4,5)6)14-15-10-9-12-17(21-15)16-11-7-8-13-20-16;1-2;;/h7-14H,1-6H3;1H;;/q2*-1;+2;/p+1. The van der Waals surface area contributed by atoms with Crippen LogP contribution in [0.3, 0.4) is 0 Å². The Morgan fingerprint density at radius 2 is 1.68 bits per heavy atom. The molecule has 0 saturated carbocycles. The van der Waals surface area contributed by atoms with Crippen LogP contribution in [0.2, 0.25) is 0 Å². The van der Waals surface area contributed by atoms with Gasteiger partial charge in [-0.2, -0.15) is 0 Å². The van der Waals surface area contributed by atoms with Crippen LogP contribution in [-0.4, -0.2) is 22.1 Å². The zero-order valence-electron chi connectivity index (χ0n) is 15.9. The first-order valence-corrected chi connectivity index (χ1v) is 9.60. The molecule has 0 spiro atoms. The van der Waals surface area contributed by atoms with Crippen molar-refractivity contribution >= 4 is 20.4 Å². The molecule has 0 unspecified atom stereocenters. The molecule has 1 aromatic heterocycles. The first kappa shape index (κ1) is 23.9. The van der Waals surface area contributed by atoms with E-state index in [1.807, 2.05) is 30.5 Å². The molecule has 1 aromatic rings. The number of pyridine rings is 1. The van der Waals surface area contributed by atoms with Crippen LogP contribution in [0.1, 0.15) is 47.2 Å². The molecule has 0 atom stereocenters. The van der Waals surface area contributed by atoms with E-state index in [0.717, 1.165) is 17.1 Å². The van der Waals surface area contributed by atoms with Crippen LogP contribution in [0.5, 0.6) is 0 Å². The van der Waals surface area contributed by atoms with Crippen LogP contribution in [0.15, 0.2) is 54.1 Å². The van der Waals surface area contributed by atoms with Crippen molar-refractivity contribution in [3.05, 3.63) is 65.1 Å². The Morgan fingerprint density at radius 1 is 1.08 bits per heavy atom. The van der Waals surface area contributed by atoms with Crippen molar-refractivity contribution in [1.29, 1.82) is 0 Å². The van der Waals surface area contributed by atoms with E-state index in [1.165, 1.54) is 0 Å². The molecule has 0 fully saturated rings. The van der Waals surface area contributed by atoms with Crippen molar-refractivity contribution in [2.24, 2.45) is 0 Å². The van der Waals surface area contributed by atoms with E-state index in [1.54, 1.807) is 0 Å². The zero-order valence-corrected chi connectivity index (χ0v) is 18.7. The van der Waals surface area contributed by atoms with Crippen molar-refractivity contribution in [3.8, 4) is 0 Å². The van der Waals surface area contributed by atoms with Gasteiger partial charge in [0.15, 0.2) is 0 Å². The van der Waals surface area contributed by atoms with Gasteiger partial charge in [0.2, 0.25) is 0 Å². The quantitative estimate of drug-likeness (QED) is 0.262. The Bertz CT molecular complexity index is 611. The SMILES string of the molecule is CC(C)(C)[PH+](C=C1C=CC=C(c2ccccn2)[N-]1)C(C)(C)C.[CH-]=O.[RuH+2]. The summed E-state index contributed by atoms with van der Waals surface area (Å²) in [5.41, 5.74) is 2.94. The predicted molar refractivity (Wildman–Crippen MR) is 109 cm³/mol. The van der Waals surface area contributed by atoms with Gasteiger partial charge in [-0.05, 0) is 53.7 Å². The molecule has 3 nitrogen and oxygen atoms in total. The molecular weight excluding hydrogens is 416 g/mol. The number of aromatic nitrogens is 1. The number of allylic oxidation sites excluding steroid dienone is 3. The number of hydrogen-bond donors (Lipinski definition) is 0. The summed E-state index contributed by atoms with van der Waals surface area (Å²) in [6, 6.07) is 5.94. The van der Waals surface area contributed by atoms with Crippen LogP contribution < -0.4 is 0 Å². The molecule has 0 amide bonds. The maximum atomic E-state index is 7.75. The fraction of sp³-hybridized carbons (Fsp3) is 0.400. The van der Waals surface area contributed by atoms with Crippen molar-refractivity contribution in [2.75, 3.05) is 0 Å². The molecule has 0 aromatic carbocycles. The second-order valence-corrected chi connectivity index (χ2v) is 11.8. The molecule has 0 aliphatic carbocycles. The average Bonchev–Trinajstić information content (AvgIpc) is 2.53. The molecule has 5 heteroatoms. The molecule has 25 heavy (non-hydrogen) atoms. The Hall–Kier alpha value is -1.11. The third-order valence-corrected chi connectivity index (χ3v) is 7.42. The molecule has 0 radical (unpaired) electrons. The van der Waals surface area contributed by atoms with Gasteiger partial charge in [-0.25, -0.2) is 0 Å². The van der Waals surface area contributed by atoms with Crippen molar-refractivity contribution in [1.82, 2.24) is 4.98 Å². The normalized spacial score (nSPS) is 15.6. The number of rotatable bonds is 2. The predicted octanol–water partition coefficient (Wildman–Crippen LogP) is 5.47. The minimum absolute atomic E-state index is 0. The van der Waals surface area contributed by atoms with Gasteiger partial charge in [-0.3, -0.25) is 11.8 Å². The summed E-state index contributed by atoms with van der Waals surface area (Å²) in [6.45, 7) is 17.3. The van der Waals surface area contributed by atoms with E-state index in [0.29, 0.717) is 10.3 Å². The molecule has 0 N–H and O–H groups in total. The maximum absolute atomic E-state index is 7.75. The summed E-state index contributed by atoms with van der Waals surface area (Å²) in [7, 11) is -0.734. The van der Waals surface area contributed by atoms with E-state index in [2.05, 4.69) is 71.3 Å². The summed E-state index contributed by atoms with van der Waals surface area (Å²) in [4.78, 5) is 12.1. The van der Waals surface area contributed by atoms with Gasteiger partial charge in [0.05, 0.1) is 10.3 Å². The van der Waals surface area contributed by atoms with Crippen LogP contribution in [0.25, 0.3) is 11.0 Å². The fourth-order valence-corrected chi connectivity index (χ4v) is 6.47. The molecule has 0 saturated heterocycles. The molecule has 0 bridgehead atoms. The van der Waals surface area contributed by atoms with E-state index < -0.39 is 7.92 Å². The van der Waals surface area contributed by atoms with Gasteiger partial charge < -0.3 is 10.1 Å². The summed E-state index contributed by atoms with van der Waals surface area (Å²) in [5.74, 6) is 2.41. The monoisotopic (exact) mass is 446 g/mol. The third kappa shape index (κ3) is 7.34. The minimum atomic E-state index is -0.734. The van der Waals surface area contributed by atoms with Gasteiger partial charge in [0.25, 0.3) is 0 Å². The number of carbonyl (C=O) groups excluding carboxylic acids is 1. The Morgan fingerprint density at radius 3 is 2.16 bits per heavy atom. The molecule has 137 valence electrons. The van der Waals surface area contributed by atoms with E-state index in [4.69, 9.17) is 10.1 Å². The molecule has 2 rings (SSSR count). The molecular formula is C20H29N2OPRu+. The van der Waals surface area contributed by atoms with Gasteiger partial charge >= 0.3 is 19.5 Å². The molecule has 1 aliphatic rings. The van der Waals surface area contributed by atoms with E-state index >= 15 is 0 Å². The molecule has 1 aliphatic heterocycles. The first-order valence-electron chi connectivity index (χ1n) is 8.02. The summed E-state index contributed by atoms with van der Waals surface area (Å²) in [5, 5.41) is 5.41. The summed E-state index contributed by atoms with van der Waals surface area (Å²) >= 11 is 0. The zero-order chi connectivity index (χ0) is 18.4. The first-order chi connectivity index (χ1) is 11.2. The summed E-state index contributed by atoms with van der Waals surface area (Å²) < 4.78 is 0. The number of hydrogen-bond acceptors (Lipinski definition) is 2. The van der Waals surface area contributed by atoms with Crippen LogP contribution in [0.4, 0.5) is 0 Å². The topological polar surface area (TPSA) is 44.1 Å². The van der Waals surface area contributed by atoms with Crippen molar-refractivity contribution in [3.63, 3.8) is 0 Å². The van der Waals surface area contributed by atoms with Crippen LogP contribution >= 0.6 is 7.92 Å². The van der Waals surface area contributed by atoms with Gasteiger partial charge in [-0.15, -0.1) is 11.4 Å². The van der Waals surface area contributed by atoms with Gasteiger partial charge in [0, 0.05) is 25.6 Å². The van der Waals surface area contributed by atoms with Gasteiger partial charge in [-0.1, -0.05) is 24.3 Å². The summed E-state index contributed by atoms with van der Waals surface area (Å²) in [6.07, 6.45) is 8.02. The number of nitrogens with zero attached hydrogens (tertiary/aromatic N) is 2. The Labute approximate surface area is 166 Å². The second-order valence-electron chi connectivity index (χ2n) is 7.72. The fourth-order valence-electron chi connectivity index (χ4n) is 2.89. The van der Waals surface area contributed by atoms with Crippen LogP contribution in [-0.2, 0) is 24.3 Å². The van der Waals surface area contributed by atoms with Crippen LogP contribution in [0, 0.1) is 0 Å². The van der Waals surface area contributed by atoms with E-state index in [9.17, 15) is 0 Å². The third-order valence-electron chi connectivity index (χ3n) is 3.61. The Kier molecular flexibility index (Phi) is 9.69. The molecule has 2 heterocycles. The van der Waals surface area contributed by atoms with Crippen molar-refractivity contribution in [2.45, 2.75) is 51.9 Å².